The number of halogens is 3. The summed E-state index contributed by atoms with van der Waals surface area (Å²) in [7, 11) is 0. The summed E-state index contributed by atoms with van der Waals surface area (Å²) in [6, 6.07) is 5.55. The highest BCUT2D eigenvalue weighted by molar-refractivity contribution is 8.00. The van der Waals surface area contributed by atoms with Crippen molar-refractivity contribution in [2.45, 2.75) is 24.8 Å². The highest BCUT2D eigenvalue weighted by atomic mass is 32.2. The number of nitriles is 1. The SMILES string of the molecule is CC1(C)CN(c2ccc(C#N)c(C(F)(F)F)c2)CCS1. The van der Waals surface area contributed by atoms with E-state index in [0.29, 0.717) is 12.2 Å². The van der Waals surface area contributed by atoms with Gasteiger partial charge < -0.3 is 4.90 Å². The summed E-state index contributed by atoms with van der Waals surface area (Å²) in [5, 5.41) is 8.80. The monoisotopic (exact) mass is 300 g/mol. The average Bonchev–Trinajstić information content (AvgIpc) is 2.35. The fourth-order valence-electron chi connectivity index (χ4n) is 2.30. The van der Waals surface area contributed by atoms with Crippen molar-refractivity contribution in [3.8, 4) is 6.07 Å². The Morgan fingerprint density at radius 3 is 2.60 bits per heavy atom. The van der Waals surface area contributed by atoms with Crippen LogP contribution in [0.1, 0.15) is 25.0 Å². The standard InChI is InChI=1S/C14H15F3N2S/c1-13(2)9-19(5-6-20-13)11-4-3-10(8-18)12(7-11)14(15,16)17/h3-4,7H,5-6,9H2,1-2H3. The van der Waals surface area contributed by atoms with Gasteiger partial charge in [-0.2, -0.15) is 30.2 Å². The average molecular weight is 300 g/mol. The lowest BCUT2D eigenvalue weighted by molar-refractivity contribution is -0.137. The van der Waals surface area contributed by atoms with Crippen LogP contribution in [0.15, 0.2) is 18.2 Å². The van der Waals surface area contributed by atoms with E-state index in [4.69, 9.17) is 5.26 Å². The van der Waals surface area contributed by atoms with Crippen molar-refractivity contribution in [3.63, 3.8) is 0 Å². The zero-order valence-corrected chi connectivity index (χ0v) is 12.1. The zero-order chi connectivity index (χ0) is 15.0. The van der Waals surface area contributed by atoms with Crippen LogP contribution >= 0.6 is 11.8 Å². The number of hydrogen-bond acceptors (Lipinski definition) is 3. The summed E-state index contributed by atoms with van der Waals surface area (Å²) in [5.74, 6) is 0.883. The molecule has 1 aromatic rings. The van der Waals surface area contributed by atoms with Crippen LogP contribution < -0.4 is 4.90 Å². The van der Waals surface area contributed by atoms with Gasteiger partial charge in [0.2, 0.25) is 0 Å². The Bertz CT molecular complexity index is 546. The molecule has 0 amide bonds. The second-order valence-electron chi connectivity index (χ2n) is 5.37. The molecule has 0 unspecified atom stereocenters. The highest BCUT2D eigenvalue weighted by Gasteiger charge is 2.35. The minimum Gasteiger partial charge on any atom is -0.369 e. The second kappa shape index (κ2) is 5.21. The molecule has 1 saturated heterocycles. The number of thioether (sulfide) groups is 1. The molecule has 0 N–H and O–H groups in total. The first-order chi connectivity index (χ1) is 9.23. The zero-order valence-electron chi connectivity index (χ0n) is 11.3. The number of nitrogens with zero attached hydrogens (tertiary/aromatic N) is 2. The van der Waals surface area contributed by atoms with Crippen LogP contribution in [0.3, 0.4) is 0 Å². The molecule has 20 heavy (non-hydrogen) atoms. The molecule has 1 heterocycles. The van der Waals surface area contributed by atoms with E-state index in [1.165, 1.54) is 6.07 Å². The first kappa shape index (κ1) is 15.0. The van der Waals surface area contributed by atoms with Crippen molar-refractivity contribution in [2.24, 2.45) is 0 Å². The number of rotatable bonds is 1. The highest BCUT2D eigenvalue weighted by Crippen LogP contribution is 2.37. The molecular formula is C14H15F3N2S. The lowest BCUT2D eigenvalue weighted by Crippen LogP contribution is -2.43. The molecule has 0 radical (unpaired) electrons. The Hall–Kier alpha value is -1.35. The van der Waals surface area contributed by atoms with E-state index in [9.17, 15) is 13.2 Å². The lowest BCUT2D eigenvalue weighted by atomic mass is 10.1. The van der Waals surface area contributed by atoms with Crippen LogP contribution in [-0.2, 0) is 6.18 Å². The van der Waals surface area contributed by atoms with E-state index in [1.54, 1.807) is 12.1 Å². The lowest BCUT2D eigenvalue weighted by Gasteiger charge is -2.39. The molecule has 6 heteroatoms. The van der Waals surface area contributed by atoms with Gasteiger partial charge in [-0.05, 0) is 32.0 Å². The van der Waals surface area contributed by atoms with E-state index in [2.05, 4.69) is 13.8 Å². The van der Waals surface area contributed by atoms with Crippen molar-refractivity contribution in [2.75, 3.05) is 23.7 Å². The van der Waals surface area contributed by atoms with Crippen LogP contribution in [0.25, 0.3) is 0 Å². The maximum absolute atomic E-state index is 13.0. The van der Waals surface area contributed by atoms with Gasteiger partial charge in [0.1, 0.15) is 0 Å². The Labute approximate surface area is 120 Å². The van der Waals surface area contributed by atoms with Crippen LogP contribution in [0, 0.1) is 11.3 Å². The number of alkyl halides is 3. The summed E-state index contributed by atoms with van der Waals surface area (Å²) in [4.78, 5) is 1.95. The maximum atomic E-state index is 13.0. The molecule has 0 spiro atoms. The van der Waals surface area contributed by atoms with Gasteiger partial charge in [0.15, 0.2) is 0 Å². The Kier molecular flexibility index (Phi) is 3.92. The normalized spacial score (nSPS) is 18.7. The van der Waals surface area contributed by atoms with Gasteiger partial charge in [-0.1, -0.05) is 0 Å². The Morgan fingerprint density at radius 1 is 1.35 bits per heavy atom. The third kappa shape index (κ3) is 3.21. The quantitative estimate of drug-likeness (QED) is 0.787. The van der Waals surface area contributed by atoms with Crippen molar-refractivity contribution < 1.29 is 13.2 Å². The van der Waals surface area contributed by atoms with Gasteiger partial charge in [0, 0.05) is 29.3 Å². The van der Waals surface area contributed by atoms with Crippen molar-refractivity contribution in [1.29, 1.82) is 5.26 Å². The number of benzene rings is 1. The first-order valence-electron chi connectivity index (χ1n) is 6.23. The molecule has 0 aromatic heterocycles. The van der Waals surface area contributed by atoms with Crippen LogP contribution in [0.2, 0.25) is 0 Å². The van der Waals surface area contributed by atoms with E-state index in [-0.39, 0.29) is 10.3 Å². The number of anilines is 1. The maximum Gasteiger partial charge on any atom is 0.417 e. The van der Waals surface area contributed by atoms with Gasteiger partial charge >= 0.3 is 6.18 Å². The summed E-state index contributed by atoms with van der Waals surface area (Å²) in [6.45, 7) is 5.58. The minimum absolute atomic E-state index is 0.0184. The smallest absolute Gasteiger partial charge is 0.369 e. The van der Waals surface area contributed by atoms with E-state index >= 15 is 0 Å². The summed E-state index contributed by atoms with van der Waals surface area (Å²) < 4.78 is 38.9. The molecule has 1 aromatic carbocycles. The molecule has 2 rings (SSSR count). The van der Waals surface area contributed by atoms with Gasteiger partial charge in [-0.25, -0.2) is 0 Å². The minimum atomic E-state index is -4.50. The molecule has 108 valence electrons. The molecule has 2 nitrogen and oxygen atoms in total. The van der Waals surface area contributed by atoms with Gasteiger partial charge in [0.05, 0.1) is 17.2 Å². The molecule has 1 fully saturated rings. The molecule has 0 atom stereocenters. The fourth-order valence-corrected chi connectivity index (χ4v) is 3.41. The molecule has 0 aliphatic carbocycles. The van der Waals surface area contributed by atoms with Gasteiger partial charge in [0.25, 0.3) is 0 Å². The van der Waals surface area contributed by atoms with Gasteiger partial charge in [-0.15, -0.1) is 0 Å². The molecular weight excluding hydrogens is 285 g/mol. The first-order valence-corrected chi connectivity index (χ1v) is 7.22. The van der Waals surface area contributed by atoms with Gasteiger partial charge in [-0.3, -0.25) is 0 Å². The van der Waals surface area contributed by atoms with E-state index in [1.807, 2.05) is 16.7 Å². The van der Waals surface area contributed by atoms with Crippen LogP contribution in [-0.4, -0.2) is 23.6 Å². The van der Waals surface area contributed by atoms with E-state index in [0.717, 1.165) is 18.4 Å². The van der Waals surface area contributed by atoms with Crippen molar-refractivity contribution in [1.82, 2.24) is 0 Å². The molecule has 1 aliphatic heterocycles. The van der Waals surface area contributed by atoms with Crippen molar-refractivity contribution in [3.05, 3.63) is 29.3 Å². The summed E-state index contributed by atoms with van der Waals surface area (Å²) >= 11 is 1.82. The predicted octanol–water partition coefficient (Wildman–Crippen LogP) is 3.91. The number of hydrogen-bond donors (Lipinski definition) is 0. The third-order valence-corrected chi connectivity index (χ3v) is 4.52. The van der Waals surface area contributed by atoms with Crippen LogP contribution in [0.5, 0.6) is 0 Å². The van der Waals surface area contributed by atoms with Crippen molar-refractivity contribution >= 4 is 17.4 Å². The molecule has 1 aliphatic rings. The summed E-state index contributed by atoms with van der Waals surface area (Å²) in [5.41, 5.74) is -0.648. The van der Waals surface area contributed by atoms with Crippen LogP contribution in [0.4, 0.5) is 18.9 Å². The second-order valence-corrected chi connectivity index (χ2v) is 7.17. The fraction of sp³-hybridized carbons (Fsp3) is 0.500. The molecule has 0 saturated carbocycles. The van der Waals surface area contributed by atoms with E-state index < -0.39 is 11.7 Å². The third-order valence-electron chi connectivity index (χ3n) is 3.22. The Balaban J connectivity index is 2.37. The molecule has 0 bridgehead atoms. The topological polar surface area (TPSA) is 27.0 Å². The Morgan fingerprint density at radius 2 is 2.05 bits per heavy atom. The summed E-state index contributed by atoms with van der Waals surface area (Å²) in [6.07, 6.45) is -4.50. The predicted molar refractivity (Wildman–Crippen MR) is 74.9 cm³/mol. The largest absolute Gasteiger partial charge is 0.417 e.